The summed E-state index contributed by atoms with van der Waals surface area (Å²) >= 11 is 0. The van der Waals surface area contributed by atoms with E-state index in [1.807, 2.05) is 37.3 Å². The first-order chi connectivity index (χ1) is 13.1. The highest BCUT2D eigenvalue weighted by molar-refractivity contribution is 5.87. The first-order valence-corrected chi connectivity index (χ1v) is 8.88. The molecule has 0 amide bonds. The van der Waals surface area contributed by atoms with Crippen LogP contribution in [0.1, 0.15) is 43.0 Å². The number of esters is 1. The van der Waals surface area contributed by atoms with Crippen LogP contribution in [-0.2, 0) is 14.3 Å². The number of ether oxygens (including phenoxy) is 1. The van der Waals surface area contributed by atoms with Crippen LogP contribution < -0.4 is 0 Å². The van der Waals surface area contributed by atoms with Gasteiger partial charge in [0.2, 0.25) is 0 Å². The molecule has 0 saturated carbocycles. The fourth-order valence-electron chi connectivity index (χ4n) is 2.18. The predicted octanol–water partition coefficient (Wildman–Crippen LogP) is 5.67. The van der Waals surface area contributed by atoms with E-state index in [0.717, 1.165) is 23.0 Å². The lowest BCUT2D eigenvalue weighted by atomic mass is 10.1. The van der Waals surface area contributed by atoms with Gasteiger partial charge in [-0.1, -0.05) is 72.8 Å². The molecular formula is C24H26O3. The van der Waals surface area contributed by atoms with Crippen LogP contribution in [-0.4, -0.2) is 18.9 Å². The maximum atomic E-state index is 11.3. The molecule has 0 spiro atoms. The van der Waals surface area contributed by atoms with Crippen LogP contribution in [0.15, 0.2) is 60.7 Å². The van der Waals surface area contributed by atoms with E-state index in [1.165, 1.54) is 18.6 Å². The summed E-state index contributed by atoms with van der Waals surface area (Å²) in [5.74, 6) is -0.317. The number of hydrogen-bond acceptors (Lipinski definition) is 3. The molecule has 0 saturated heterocycles. The van der Waals surface area contributed by atoms with E-state index in [0.29, 0.717) is 6.61 Å². The second kappa shape index (κ2) is 13.1. The minimum atomic E-state index is -0.317. The third-order valence-electron chi connectivity index (χ3n) is 3.40. The number of rotatable bonds is 6. The lowest BCUT2D eigenvalue weighted by molar-refractivity contribution is -0.137. The molecule has 0 radical (unpaired) electrons. The molecule has 3 nitrogen and oxygen atoms in total. The fourth-order valence-corrected chi connectivity index (χ4v) is 2.18. The highest BCUT2D eigenvalue weighted by Crippen LogP contribution is 2.12. The number of carbonyl (C=O) groups is 2. The van der Waals surface area contributed by atoms with Crippen LogP contribution in [0.3, 0.4) is 0 Å². The average Bonchev–Trinajstić information content (AvgIpc) is 2.68. The van der Waals surface area contributed by atoms with Crippen molar-refractivity contribution in [3.8, 4) is 0 Å². The van der Waals surface area contributed by atoms with Crippen molar-refractivity contribution >= 4 is 36.6 Å². The highest BCUT2D eigenvalue weighted by Gasteiger charge is 1.94. The quantitative estimate of drug-likeness (QED) is 0.288. The van der Waals surface area contributed by atoms with Gasteiger partial charge in [-0.25, -0.2) is 4.79 Å². The standard InChI is InChI=1S/C22H22O2.C2H4O/c1-3-5-18-6-8-19(9-7-18)10-11-20-12-14-21(15-13-20)16-17-22(23)24-4-2;1-2-3/h3,5-17H,4H2,1-2H3;2H,1H3/b5-3+,11-10+,17-16+;. The highest BCUT2D eigenvalue weighted by atomic mass is 16.5. The molecule has 0 N–H and O–H groups in total. The van der Waals surface area contributed by atoms with Gasteiger partial charge < -0.3 is 9.53 Å². The number of hydrogen-bond donors (Lipinski definition) is 0. The molecule has 2 rings (SSSR count). The Labute approximate surface area is 161 Å². The molecule has 2 aromatic rings. The lowest BCUT2D eigenvalue weighted by Crippen LogP contribution is -1.98. The summed E-state index contributed by atoms with van der Waals surface area (Å²) in [4.78, 5) is 20.1. The molecule has 0 aromatic heterocycles. The summed E-state index contributed by atoms with van der Waals surface area (Å²) in [7, 11) is 0. The van der Waals surface area contributed by atoms with Crippen molar-refractivity contribution in [1.82, 2.24) is 0 Å². The molecular weight excluding hydrogens is 336 g/mol. The number of carbonyl (C=O) groups excluding carboxylic acids is 2. The molecule has 0 aliphatic rings. The van der Waals surface area contributed by atoms with E-state index < -0.39 is 0 Å². The van der Waals surface area contributed by atoms with Crippen LogP contribution in [0, 0.1) is 0 Å². The topological polar surface area (TPSA) is 43.4 Å². The molecule has 0 aliphatic carbocycles. The first kappa shape index (κ1) is 21.8. The summed E-state index contributed by atoms with van der Waals surface area (Å²) in [6.07, 6.45) is 12.2. The average molecular weight is 362 g/mol. The van der Waals surface area contributed by atoms with Crippen molar-refractivity contribution in [3.05, 3.63) is 82.9 Å². The van der Waals surface area contributed by atoms with Gasteiger partial charge in [-0.3, -0.25) is 0 Å². The summed E-state index contributed by atoms with van der Waals surface area (Å²) in [6.45, 7) is 5.64. The van der Waals surface area contributed by atoms with Gasteiger partial charge in [0, 0.05) is 6.08 Å². The van der Waals surface area contributed by atoms with E-state index in [2.05, 4.69) is 42.5 Å². The Bertz CT molecular complexity index is 779. The van der Waals surface area contributed by atoms with Crippen molar-refractivity contribution in [1.29, 1.82) is 0 Å². The van der Waals surface area contributed by atoms with Crippen molar-refractivity contribution in [2.24, 2.45) is 0 Å². The van der Waals surface area contributed by atoms with Gasteiger partial charge in [0.05, 0.1) is 6.61 Å². The maximum Gasteiger partial charge on any atom is 0.330 e. The molecule has 2 aromatic carbocycles. The Hall–Kier alpha value is -3.20. The lowest BCUT2D eigenvalue weighted by Gasteiger charge is -1.98. The van der Waals surface area contributed by atoms with Gasteiger partial charge >= 0.3 is 5.97 Å². The Balaban J connectivity index is 0.00000114. The molecule has 27 heavy (non-hydrogen) atoms. The SMILES string of the molecule is C/C=C/c1ccc(/C=C/c2ccc(/C=C/C(=O)OCC)cc2)cc1.CC=O. The second-order valence-electron chi connectivity index (χ2n) is 5.49. The van der Waals surface area contributed by atoms with Crippen LogP contribution in [0.4, 0.5) is 0 Å². The molecule has 0 bridgehead atoms. The van der Waals surface area contributed by atoms with Gasteiger partial charge in [0.25, 0.3) is 0 Å². The van der Waals surface area contributed by atoms with Gasteiger partial charge in [0.15, 0.2) is 0 Å². The molecule has 0 fully saturated rings. The summed E-state index contributed by atoms with van der Waals surface area (Å²) in [6, 6.07) is 16.4. The minimum Gasteiger partial charge on any atom is -0.463 e. The van der Waals surface area contributed by atoms with Crippen molar-refractivity contribution < 1.29 is 14.3 Å². The van der Waals surface area contributed by atoms with Crippen molar-refractivity contribution in [3.63, 3.8) is 0 Å². The van der Waals surface area contributed by atoms with Gasteiger partial charge in [-0.15, -0.1) is 0 Å². The maximum absolute atomic E-state index is 11.3. The Kier molecular flexibility index (Phi) is 10.6. The van der Waals surface area contributed by atoms with Crippen LogP contribution in [0.5, 0.6) is 0 Å². The van der Waals surface area contributed by atoms with E-state index in [1.54, 1.807) is 13.0 Å². The predicted molar refractivity (Wildman–Crippen MR) is 114 cm³/mol. The largest absolute Gasteiger partial charge is 0.463 e. The first-order valence-electron chi connectivity index (χ1n) is 8.88. The van der Waals surface area contributed by atoms with E-state index in [9.17, 15) is 4.79 Å². The number of benzene rings is 2. The minimum absolute atomic E-state index is 0.317. The number of allylic oxidation sites excluding steroid dienone is 1. The van der Waals surface area contributed by atoms with E-state index in [4.69, 9.17) is 9.53 Å². The molecule has 0 aliphatic heterocycles. The molecule has 0 atom stereocenters. The molecule has 0 heterocycles. The Morgan fingerprint density at radius 1 is 0.778 bits per heavy atom. The zero-order valence-corrected chi connectivity index (χ0v) is 16.1. The summed E-state index contributed by atoms with van der Waals surface area (Å²) in [5.41, 5.74) is 4.44. The second-order valence-corrected chi connectivity index (χ2v) is 5.49. The third kappa shape index (κ3) is 9.17. The van der Waals surface area contributed by atoms with Gasteiger partial charge in [-0.05, 0) is 49.1 Å². The van der Waals surface area contributed by atoms with Crippen LogP contribution in [0.2, 0.25) is 0 Å². The van der Waals surface area contributed by atoms with Crippen molar-refractivity contribution in [2.45, 2.75) is 20.8 Å². The Morgan fingerprint density at radius 3 is 1.52 bits per heavy atom. The zero-order valence-electron chi connectivity index (χ0n) is 16.1. The summed E-state index contributed by atoms with van der Waals surface area (Å²) in [5, 5.41) is 0. The fraction of sp³-hybridized carbons (Fsp3) is 0.167. The normalized spacial score (nSPS) is 10.8. The third-order valence-corrected chi connectivity index (χ3v) is 3.40. The molecule has 3 heteroatoms. The van der Waals surface area contributed by atoms with Crippen LogP contribution in [0.25, 0.3) is 24.3 Å². The van der Waals surface area contributed by atoms with E-state index in [-0.39, 0.29) is 5.97 Å². The smallest absolute Gasteiger partial charge is 0.330 e. The van der Waals surface area contributed by atoms with E-state index >= 15 is 0 Å². The Morgan fingerprint density at radius 2 is 1.15 bits per heavy atom. The molecule has 0 unspecified atom stereocenters. The van der Waals surface area contributed by atoms with Gasteiger partial charge in [0.1, 0.15) is 6.29 Å². The van der Waals surface area contributed by atoms with Gasteiger partial charge in [-0.2, -0.15) is 0 Å². The summed E-state index contributed by atoms with van der Waals surface area (Å²) < 4.78 is 4.86. The van der Waals surface area contributed by atoms with Crippen LogP contribution >= 0.6 is 0 Å². The zero-order chi connectivity index (χ0) is 19.9. The number of aldehydes is 1. The van der Waals surface area contributed by atoms with Crippen molar-refractivity contribution in [2.75, 3.05) is 6.61 Å². The monoisotopic (exact) mass is 362 g/mol. The molecule has 140 valence electrons.